The highest BCUT2D eigenvalue weighted by Gasteiger charge is 2.40. The van der Waals surface area contributed by atoms with Crippen molar-refractivity contribution in [3.8, 4) is 0 Å². The predicted molar refractivity (Wildman–Crippen MR) is 240 cm³/mol. The molecule has 1 N–H and O–H groups in total. The summed E-state index contributed by atoms with van der Waals surface area (Å²) in [4.78, 5) is 30.7. The van der Waals surface area contributed by atoms with E-state index < -0.39 is 0 Å². The molecule has 0 saturated carbocycles. The van der Waals surface area contributed by atoms with Crippen molar-refractivity contribution in [1.29, 1.82) is 0 Å². The number of benzene rings is 5. The lowest BCUT2D eigenvalue weighted by atomic mass is 9.74. The van der Waals surface area contributed by atoms with Crippen LogP contribution in [0.3, 0.4) is 0 Å². The topological polar surface area (TPSA) is 65.8 Å². The van der Waals surface area contributed by atoms with E-state index in [0.717, 1.165) is 80.2 Å². The van der Waals surface area contributed by atoms with E-state index in [4.69, 9.17) is 0 Å². The molecule has 8 heteroatoms. The molecule has 0 spiro atoms. The molecule has 2 amide bonds. The Kier molecular flexibility index (Phi) is 11.5. The lowest BCUT2D eigenvalue weighted by Gasteiger charge is -2.31. The number of rotatable bonds is 8. The third kappa shape index (κ3) is 8.47. The van der Waals surface area contributed by atoms with Gasteiger partial charge in [-0.15, -0.1) is 0 Å². The molecule has 2 aromatic heterocycles. The van der Waals surface area contributed by atoms with Crippen molar-refractivity contribution in [2.45, 2.75) is 43.1 Å². The molecule has 59 heavy (non-hydrogen) atoms. The number of carbonyl (C=O) groups excluding carboxylic acids is 2. The van der Waals surface area contributed by atoms with Gasteiger partial charge in [0.1, 0.15) is 0 Å². The Morgan fingerprint density at radius 2 is 1.05 bits per heavy atom. The number of hydrogen-bond acceptors (Lipinski definition) is 4. The first-order valence-corrected chi connectivity index (χ1v) is 20.8. The van der Waals surface area contributed by atoms with Gasteiger partial charge in [-0.25, -0.2) is 9.59 Å². The van der Waals surface area contributed by atoms with Gasteiger partial charge in [0.15, 0.2) is 0 Å². The van der Waals surface area contributed by atoms with Gasteiger partial charge in [0.25, 0.3) is 0 Å². The first-order valence-electron chi connectivity index (χ1n) is 20.8. The Labute approximate surface area is 348 Å². The van der Waals surface area contributed by atoms with Crippen LogP contribution < -0.4 is 5.32 Å². The van der Waals surface area contributed by atoms with Crippen LogP contribution in [0.25, 0.3) is 21.8 Å². The van der Waals surface area contributed by atoms with Gasteiger partial charge in [-0.1, -0.05) is 103 Å². The summed E-state index contributed by atoms with van der Waals surface area (Å²) < 4.78 is 3.45. The summed E-state index contributed by atoms with van der Waals surface area (Å²) in [5.41, 5.74) is 8.93. The highest BCUT2D eigenvalue weighted by Crippen LogP contribution is 2.40. The standard InChI is InChI=1S/C29H31N3O.C22H25N3O/c1-30(2)28(33)32-17-15-25-19-26(13-14-27(25)32)29(20-23-9-5-3-6-10-23)16-18-31(22-29)21-24-11-7-4-8-12-24;1-24(2)21(26)25-13-10-18-14-19(8-9-20(18)25)22(11-12-23-16-22)15-17-6-4-3-5-7-17/h3-15,17,19H,16,18,20-22H2,1-2H3;3-10,13-14,23H,11-12,15-16H2,1-2H3. The number of likely N-dealkylation sites (tertiary alicyclic amines) is 1. The summed E-state index contributed by atoms with van der Waals surface area (Å²) in [5.74, 6) is 0. The van der Waals surface area contributed by atoms with E-state index in [2.05, 4.69) is 144 Å². The van der Waals surface area contributed by atoms with Crippen LogP contribution in [-0.4, -0.2) is 90.3 Å². The van der Waals surface area contributed by atoms with Gasteiger partial charge in [0, 0.05) is 81.8 Å². The van der Waals surface area contributed by atoms with E-state index >= 15 is 0 Å². The predicted octanol–water partition coefficient (Wildman–Crippen LogP) is 9.20. The van der Waals surface area contributed by atoms with Gasteiger partial charge in [0.05, 0.1) is 11.0 Å². The molecule has 2 unspecified atom stereocenters. The molecule has 2 fully saturated rings. The van der Waals surface area contributed by atoms with Crippen molar-refractivity contribution < 1.29 is 9.59 Å². The molecule has 0 radical (unpaired) electrons. The number of aromatic nitrogens is 2. The van der Waals surface area contributed by atoms with E-state index in [1.165, 1.54) is 27.8 Å². The molecule has 2 aliphatic heterocycles. The second kappa shape index (κ2) is 17.1. The molecular weight excluding hydrogens is 729 g/mol. The fourth-order valence-electron chi connectivity index (χ4n) is 9.34. The van der Waals surface area contributed by atoms with E-state index in [1.807, 2.05) is 18.5 Å². The van der Waals surface area contributed by atoms with Crippen molar-refractivity contribution in [2.75, 3.05) is 54.4 Å². The molecule has 4 heterocycles. The summed E-state index contributed by atoms with van der Waals surface area (Å²) in [6.07, 6.45) is 8.05. The molecular formula is C51H56N6O2. The molecule has 2 aliphatic rings. The van der Waals surface area contributed by atoms with Crippen LogP contribution in [0.2, 0.25) is 0 Å². The zero-order valence-electron chi connectivity index (χ0n) is 34.9. The minimum absolute atomic E-state index is 0.0192. The molecule has 2 atom stereocenters. The maximum Gasteiger partial charge on any atom is 0.328 e. The van der Waals surface area contributed by atoms with E-state index in [9.17, 15) is 9.59 Å². The number of carbonyl (C=O) groups is 2. The summed E-state index contributed by atoms with van der Waals surface area (Å²) in [6.45, 7) is 5.13. The SMILES string of the molecule is CN(C)C(=O)n1ccc2cc(C3(Cc4ccccc4)CCN(Cc4ccccc4)C3)ccc21.CN(C)C(=O)n1ccc2cc(C3(Cc4ccccc4)CCNC3)ccc21. The Morgan fingerprint density at radius 3 is 1.53 bits per heavy atom. The van der Waals surface area contributed by atoms with E-state index in [-0.39, 0.29) is 22.9 Å². The minimum Gasteiger partial charge on any atom is -0.330 e. The number of nitrogens with one attached hydrogen (secondary N) is 1. The van der Waals surface area contributed by atoms with Crippen LogP contribution in [0.4, 0.5) is 9.59 Å². The average molecular weight is 785 g/mol. The Morgan fingerprint density at radius 1 is 0.576 bits per heavy atom. The van der Waals surface area contributed by atoms with Crippen LogP contribution in [0.1, 0.15) is 40.7 Å². The average Bonchev–Trinajstić information content (AvgIpc) is 4.08. The lowest BCUT2D eigenvalue weighted by molar-refractivity contribution is 0.219. The zero-order chi connectivity index (χ0) is 41.0. The van der Waals surface area contributed by atoms with Crippen LogP contribution in [-0.2, 0) is 30.2 Å². The van der Waals surface area contributed by atoms with Crippen molar-refractivity contribution in [3.05, 3.63) is 180 Å². The second-order valence-electron chi connectivity index (χ2n) is 17.0. The van der Waals surface area contributed by atoms with Crippen LogP contribution in [0, 0.1) is 0 Å². The summed E-state index contributed by atoms with van der Waals surface area (Å²) in [7, 11) is 7.14. The third-order valence-electron chi connectivity index (χ3n) is 12.5. The molecule has 0 aliphatic carbocycles. The largest absolute Gasteiger partial charge is 0.330 e. The summed E-state index contributed by atoms with van der Waals surface area (Å²) in [5, 5.41) is 5.80. The van der Waals surface area contributed by atoms with Crippen LogP contribution >= 0.6 is 0 Å². The smallest absolute Gasteiger partial charge is 0.328 e. The van der Waals surface area contributed by atoms with Crippen molar-refractivity contribution in [3.63, 3.8) is 0 Å². The van der Waals surface area contributed by atoms with Gasteiger partial charge < -0.3 is 15.1 Å². The summed E-state index contributed by atoms with van der Waals surface area (Å²) >= 11 is 0. The molecule has 302 valence electrons. The number of hydrogen-bond donors (Lipinski definition) is 1. The number of nitrogens with zero attached hydrogens (tertiary/aromatic N) is 5. The lowest BCUT2D eigenvalue weighted by Crippen LogP contribution is -2.33. The number of fused-ring (bicyclic) bond motifs is 2. The van der Waals surface area contributed by atoms with Gasteiger partial charge in [0.2, 0.25) is 0 Å². The summed E-state index contributed by atoms with van der Waals surface area (Å²) in [6, 6.07) is 49.6. The van der Waals surface area contributed by atoms with Gasteiger partial charge >= 0.3 is 12.1 Å². The third-order valence-corrected chi connectivity index (χ3v) is 12.5. The maximum atomic E-state index is 12.6. The highest BCUT2D eigenvalue weighted by atomic mass is 16.2. The molecule has 2 saturated heterocycles. The van der Waals surface area contributed by atoms with Gasteiger partial charge in [-0.3, -0.25) is 14.0 Å². The van der Waals surface area contributed by atoms with E-state index in [1.54, 1.807) is 47.1 Å². The normalized spacial score (nSPS) is 19.1. The molecule has 0 bridgehead atoms. The number of amides is 2. The zero-order valence-corrected chi connectivity index (χ0v) is 34.9. The minimum atomic E-state index is -0.0216. The fraction of sp³-hybridized carbons (Fsp3) is 0.294. The molecule has 7 aromatic rings. The Bertz CT molecular complexity index is 2520. The van der Waals surface area contributed by atoms with Crippen LogP contribution in [0.15, 0.2) is 152 Å². The van der Waals surface area contributed by atoms with Crippen LogP contribution in [0.5, 0.6) is 0 Å². The monoisotopic (exact) mass is 784 g/mol. The maximum absolute atomic E-state index is 12.6. The van der Waals surface area contributed by atoms with Crippen molar-refractivity contribution >= 4 is 33.9 Å². The molecule has 9 rings (SSSR count). The van der Waals surface area contributed by atoms with Gasteiger partial charge in [-0.2, -0.15) is 0 Å². The quantitative estimate of drug-likeness (QED) is 0.167. The molecule has 8 nitrogen and oxygen atoms in total. The first-order chi connectivity index (χ1) is 28.6. The van der Waals surface area contributed by atoms with E-state index in [0.29, 0.717) is 0 Å². The first kappa shape index (κ1) is 39.8. The Balaban J connectivity index is 0.000000169. The highest BCUT2D eigenvalue weighted by molar-refractivity contribution is 5.93. The fourth-order valence-corrected chi connectivity index (χ4v) is 9.34. The molecule has 5 aromatic carbocycles. The second-order valence-corrected chi connectivity index (χ2v) is 17.0. The van der Waals surface area contributed by atoms with Gasteiger partial charge in [-0.05, 0) is 103 Å². The van der Waals surface area contributed by atoms with Crippen molar-refractivity contribution in [1.82, 2.24) is 29.2 Å². The Hall–Kier alpha value is -5.96. The van der Waals surface area contributed by atoms with Crippen molar-refractivity contribution in [2.24, 2.45) is 0 Å².